The van der Waals surface area contributed by atoms with Crippen LogP contribution in [0.5, 0.6) is 5.75 Å². The van der Waals surface area contributed by atoms with Crippen molar-refractivity contribution in [3.63, 3.8) is 0 Å². The summed E-state index contributed by atoms with van der Waals surface area (Å²) in [5.41, 5.74) is 6.31. The van der Waals surface area contributed by atoms with Crippen molar-refractivity contribution in [2.24, 2.45) is 0 Å². The maximum absolute atomic E-state index is 11.5. The van der Waals surface area contributed by atoms with Crippen LogP contribution in [0.2, 0.25) is 0 Å². The standard InChI is InChI=1S/C15H24N2O3/c1-3-17(4-2)10-12-20-15(18)9-11-19-14-8-6-5-7-13(14)16/h5-8H,3-4,9-12,16H2,1-2H3. The van der Waals surface area contributed by atoms with Crippen LogP contribution in [0.1, 0.15) is 20.3 Å². The second-order valence-electron chi connectivity index (χ2n) is 4.38. The highest BCUT2D eigenvalue weighted by Gasteiger charge is 2.06. The van der Waals surface area contributed by atoms with E-state index >= 15 is 0 Å². The second kappa shape index (κ2) is 9.20. The minimum absolute atomic E-state index is 0.229. The van der Waals surface area contributed by atoms with Gasteiger partial charge < -0.3 is 20.1 Å². The summed E-state index contributed by atoms with van der Waals surface area (Å²) in [5.74, 6) is 0.357. The molecule has 0 aromatic heterocycles. The Morgan fingerprint density at radius 2 is 1.90 bits per heavy atom. The van der Waals surface area contributed by atoms with Gasteiger partial charge >= 0.3 is 5.97 Å². The number of esters is 1. The van der Waals surface area contributed by atoms with E-state index in [1.54, 1.807) is 12.1 Å². The van der Waals surface area contributed by atoms with E-state index in [1.165, 1.54) is 0 Å². The SMILES string of the molecule is CCN(CC)CCOC(=O)CCOc1ccccc1N. The third-order valence-corrected chi connectivity index (χ3v) is 3.05. The van der Waals surface area contributed by atoms with E-state index in [-0.39, 0.29) is 19.0 Å². The van der Waals surface area contributed by atoms with E-state index in [2.05, 4.69) is 18.7 Å². The van der Waals surface area contributed by atoms with Crippen molar-refractivity contribution >= 4 is 11.7 Å². The number of rotatable bonds is 9. The number of ether oxygens (including phenoxy) is 2. The first-order chi connectivity index (χ1) is 9.67. The summed E-state index contributed by atoms with van der Waals surface area (Å²) in [4.78, 5) is 13.7. The first kappa shape index (κ1) is 16.3. The van der Waals surface area contributed by atoms with Gasteiger partial charge in [0, 0.05) is 6.54 Å². The molecule has 1 aromatic rings. The highest BCUT2D eigenvalue weighted by molar-refractivity contribution is 5.69. The van der Waals surface area contributed by atoms with Crippen molar-refractivity contribution in [1.29, 1.82) is 0 Å². The number of carbonyl (C=O) groups is 1. The maximum atomic E-state index is 11.5. The molecule has 5 nitrogen and oxygen atoms in total. The molecule has 0 heterocycles. The lowest BCUT2D eigenvalue weighted by Gasteiger charge is -2.17. The molecule has 1 aromatic carbocycles. The molecule has 0 radical (unpaired) electrons. The molecule has 1 rings (SSSR count). The Morgan fingerprint density at radius 1 is 1.20 bits per heavy atom. The Kier molecular flexibility index (Phi) is 7.50. The fourth-order valence-electron chi connectivity index (χ4n) is 1.76. The molecule has 0 saturated heterocycles. The zero-order chi connectivity index (χ0) is 14.8. The lowest BCUT2D eigenvalue weighted by atomic mass is 10.3. The van der Waals surface area contributed by atoms with E-state index < -0.39 is 0 Å². The lowest BCUT2D eigenvalue weighted by Crippen LogP contribution is -2.28. The van der Waals surface area contributed by atoms with Gasteiger partial charge in [0.2, 0.25) is 0 Å². The van der Waals surface area contributed by atoms with Gasteiger partial charge in [0.05, 0.1) is 18.7 Å². The van der Waals surface area contributed by atoms with Crippen LogP contribution < -0.4 is 10.5 Å². The molecule has 112 valence electrons. The molecule has 0 atom stereocenters. The predicted molar refractivity (Wildman–Crippen MR) is 79.7 cm³/mol. The predicted octanol–water partition coefficient (Wildman–Crippen LogP) is 1.92. The molecular formula is C15H24N2O3. The zero-order valence-corrected chi connectivity index (χ0v) is 12.3. The van der Waals surface area contributed by atoms with Crippen LogP contribution in [0.25, 0.3) is 0 Å². The van der Waals surface area contributed by atoms with Gasteiger partial charge in [0.1, 0.15) is 12.4 Å². The molecule has 0 spiro atoms. The lowest BCUT2D eigenvalue weighted by molar-refractivity contribution is -0.144. The number of nitrogens with zero attached hydrogens (tertiary/aromatic N) is 1. The molecule has 0 amide bonds. The van der Waals surface area contributed by atoms with Gasteiger partial charge in [0.15, 0.2) is 0 Å². The summed E-state index contributed by atoms with van der Waals surface area (Å²) in [6.07, 6.45) is 0.229. The van der Waals surface area contributed by atoms with Gasteiger partial charge in [-0.15, -0.1) is 0 Å². The van der Waals surface area contributed by atoms with E-state index in [1.807, 2.05) is 12.1 Å². The average Bonchev–Trinajstić information content (AvgIpc) is 2.46. The monoisotopic (exact) mass is 280 g/mol. The number of benzene rings is 1. The number of para-hydroxylation sites is 2. The van der Waals surface area contributed by atoms with E-state index in [0.717, 1.165) is 19.6 Å². The maximum Gasteiger partial charge on any atom is 0.309 e. The van der Waals surface area contributed by atoms with Gasteiger partial charge in [0.25, 0.3) is 0 Å². The van der Waals surface area contributed by atoms with Crippen LogP contribution in [0, 0.1) is 0 Å². The van der Waals surface area contributed by atoms with E-state index in [0.29, 0.717) is 18.0 Å². The Bertz CT molecular complexity index is 406. The van der Waals surface area contributed by atoms with Crippen LogP contribution in [-0.4, -0.2) is 43.7 Å². The highest BCUT2D eigenvalue weighted by atomic mass is 16.5. The van der Waals surface area contributed by atoms with Crippen LogP contribution >= 0.6 is 0 Å². The number of likely N-dealkylation sites (N-methyl/N-ethyl adjacent to an activating group) is 1. The topological polar surface area (TPSA) is 64.8 Å². The van der Waals surface area contributed by atoms with Gasteiger partial charge in [-0.25, -0.2) is 0 Å². The molecule has 2 N–H and O–H groups in total. The normalized spacial score (nSPS) is 10.6. The third kappa shape index (κ3) is 5.93. The minimum atomic E-state index is -0.244. The molecule has 0 unspecified atom stereocenters. The Balaban J connectivity index is 2.16. The second-order valence-corrected chi connectivity index (χ2v) is 4.38. The molecule has 5 heteroatoms. The number of nitrogen functional groups attached to an aromatic ring is 1. The van der Waals surface area contributed by atoms with Crippen molar-refractivity contribution in [2.75, 3.05) is 38.6 Å². The molecule has 20 heavy (non-hydrogen) atoms. The molecule has 0 aliphatic heterocycles. The molecule has 0 aliphatic carbocycles. The first-order valence-electron chi connectivity index (χ1n) is 7.02. The number of carbonyl (C=O) groups excluding carboxylic acids is 1. The van der Waals surface area contributed by atoms with Crippen molar-refractivity contribution < 1.29 is 14.3 Å². The number of anilines is 1. The Hall–Kier alpha value is -1.75. The van der Waals surface area contributed by atoms with Gasteiger partial charge in [-0.2, -0.15) is 0 Å². The molecule has 0 saturated carbocycles. The Morgan fingerprint density at radius 3 is 2.55 bits per heavy atom. The average molecular weight is 280 g/mol. The van der Waals surface area contributed by atoms with Crippen LogP contribution in [-0.2, 0) is 9.53 Å². The van der Waals surface area contributed by atoms with E-state index in [4.69, 9.17) is 15.2 Å². The smallest absolute Gasteiger partial charge is 0.309 e. The van der Waals surface area contributed by atoms with Crippen LogP contribution in [0.4, 0.5) is 5.69 Å². The summed E-state index contributed by atoms with van der Waals surface area (Å²) in [6.45, 7) is 7.57. The zero-order valence-electron chi connectivity index (χ0n) is 12.3. The Labute approximate surface area is 120 Å². The van der Waals surface area contributed by atoms with Crippen molar-refractivity contribution in [1.82, 2.24) is 4.90 Å². The molecule has 0 aliphatic rings. The molecule has 0 fully saturated rings. The van der Waals surface area contributed by atoms with E-state index in [9.17, 15) is 4.79 Å². The van der Waals surface area contributed by atoms with Gasteiger partial charge in [-0.1, -0.05) is 26.0 Å². The van der Waals surface area contributed by atoms with Gasteiger partial charge in [-0.05, 0) is 25.2 Å². The van der Waals surface area contributed by atoms with Crippen LogP contribution in [0.15, 0.2) is 24.3 Å². The number of nitrogens with two attached hydrogens (primary N) is 1. The van der Waals surface area contributed by atoms with Gasteiger partial charge in [-0.3, -0.25) is 4.79 Å². The molecule has 0 bridgehead atoms. The highest BCUT2D eigenvalue weighted by Crippen LogP contribution is 2.19. The minimum Gasteiger partial charge on any atom is -0.491 e. The summed E-state index contributed by atoms with van der Waals surface area (Å²) < 4.78 is 10.6. The van der Waals surface area contributed by atoms with Crippen molar-refractivity contribution in [3.05, 3.63) is 24.3 Å². The summed E-state index contributed by atoms with van der Waals surface area (Å²) in [5, 5.41) is 0. The quantitative estimate of drug-likeness (QED) is 0.553. The van der Waals surface area contributed by atoms with Crippen molar-refractivity contribution in [2.45, 2.75) is 20.3 Å². The summed E-state index contributed by atoms with van der Waals surface area (Å²) >= 11 is 0. The number of hydrogen-bond acceptors (Lipinski definition) is 5. The summed E-state index contributed by atoms with van der Waals surface area (Å²) in [7, 11) is 0. The first-order valence-corrected chi connectivity index (χ1v) is 7.02. The fraction of sp³-hybridized carbons (Fsp3) is 0.533. The fourth-order valence-corrected chi connectivity index (χ4v) is 1.76. The molecular weight excluding hydrogens is 256 g/mol. The third-order valence-electron chi connectivity index (χ3n) is 3.05. The van der Waals surface area contributed by atoms with Crippen LogP contribution in [0.3, 0.4) is 0 Å². The largest absolute Gasteiger partial charge is 0.491 e. The number of hydrogen-bond donors (Lipinski definition) is 1. The van der Waals surface area contributed by atoms with Crippen molar-refractivity contribution in [3.8, 4) is 5.75 Å². The summed E-state index contributed by atoms with van der Waals surface area (Å²) in [6, 6.07) is 7.22.